The minimum Gasteiger partial charge on any atom is -0.289 e. The molecule has 0 aromatic heterocycles. The summed E-state index contributed by atoms with van der Waals surface area (Å²) in [7, 11) is 0. The Labute approximate surface area is 110 Å². The molecule has 2 aromatic carbocycles. The fourth-order valence-electron chi connectivity index (χ4n) is 1.57. The van der Waals surface area contributed by atoms with Crippen molar-refractivity contribution in [3.05, 3.63) is 69.2 Å². The third-order valence-electron chi connectivity index (χ3n) is 2.47. The maximum atomic E-state index is 12.2. The van der Waals surface area contributed by atoms with Crippen LogP contribution in [-0.2, 0) is 0 Å². The van der Waals surface area contributed by atoms with E-state index >= 15 is 0 Å². The monoisotopic (exact) mass is 264 g/mol. The Hall–Kier alpha value is -1.31. The van der Waals surface area contributed by atoms with Gasteiger partial charge in [-0.2, -0.15) is 0 Å². The normalized spacial score (nSPS) is 10.3. The molecule has 86 valence electrons. The lowest BCUT2D eigenvalue weighted by Crippen LogP contribution is -2.02. The predicted molar refractivity (Wildman–Crippen MR) is 71.1 cm³/mol. The molecule has 3 heteroatoms. The highest BCUT2D eigenvalue weighted by atomic mass is 35.5. The lowest BCUT2D eigenvalue weighted by Gasteiger charge is -2.05. The maximum Gasteiger partial charge on any atom is 0.194 e. The van der Waals surface area contributed by atoms with Crippen LogP contribution in [0.25, 0.3) is 0 Å². The van der Waals surface area contributed by atoms with Crippen LogP contribution in [-0.4, -0.2) is 5.78 Å². The number of hydrogen-bond acceptors (Lipinski definition) is 1. The van der Waals surface area contributed by atoms with Crippen molar-refractivity contribution >= 4 is 29.0 Å². The highest BCUT2D eigenvalue weighted by Crippen LogP contribution is 2.21. The third-order valence-corrected chi connectivity index (χ3v) is 3.05. The van der Waals surface area contributed by atoms with E-state index in [9.17, 15) is 4.79 Å². The molecule has 0 heterocycles. The Morgan fingerprint density at radius 1 is 1.00 bits per heavy atom. The van der Waals surface area contributed by atoms with Crippen molar-refractivity contribution < 1.29 is 4.79 Å². The van der Waals surface area contributed by atoms with Crippen LogP contribution in [0.3, 0.4) is 0 Å². The highest BCUT2D eigenvalue weighted by Gasteiger charge is 2.12. The molecule has 0 unspecified atom stereocenters. The van der Waals surface area contributed by atoms with Crippen molar-refractivity contribution in [3.8, 4) is 0 Å². The van der Waals surface area contributed by atoms with Crippen molar-refractivity contribution in [1.29, 1.82) is 0 Å². The van der Waals surface area contributed by atoms with E-state index in [2.05, 4.69) is 0 Å². The quantitative estimate of drug-likeness (QED) is 0.729. The lowest BCUT2D eigenvalue weighted by atomic mass is 10.0. The zero-order valence-corrected chi connectivity index (χ0v) is 10.7. The second kappa shape index (κ2) is 4.91. The molecule has 2 rings (SSSR count). The van der Waals surface area contributed by atoms with E-state index in [1.54, 1.807) is 36.4 Å². The van der Waals surface area contributed by atoms with E-state index in [1.807, 2.05) is 13.0 Å². The first-order valence-electron chi connectivity index (χ1n) is 5.14. The van der Waals surface area contributed by atoms with Crippen molar-refractivity contribution in [1.82, 2.24) is 0 Å². The van der Waals surface area contributed by atoms with Crippen LogP contribution in [0.4, 0.5) is 0 Å². The SMILES string of the molecule is Cc1ccc(Cl)c(C(=O)c2ccc(Cl)cc2)c1. The lowest BCUT2D eigenvalue weighted by molar-refractivity contribution is 0.103. The summed E-state index contributed by atoms with van der Waals surface area (Å²) in [5.74, 6) is -0.0876. The van der Waals surface area contributed by atoms with E-state index in [0.717, 1.165) is 5.56 Å². The second-order valence-corrected chi connectivity index (χ2v) is 4.66. The summed E-state index contributed by atoms with van der Waals surface area (Å²) in [6.45, 7) is 1.93. The van der Waals surface area contributed by atoms with Crippen LogP contribution in [0.15, 0.2) is 42.5 Å². The molecule has 0 radical (unpaired) electrons. The van der Waals surface area contributed by atoms with Gasteiger partial charge in [0.15, 0.2) is 5.78 Å². The largest absolute Gasteiger partial charge is 0.289 e. The summed E-state index contributed by atoms with van der Waals surface area (Å²) in [5.41, 5.74) is 2.11. The average Bonchev–Trinajstić information content (AvgIpc) is 2.32. The molecule has 17 heavy (non-hydrogen) atoms. The molecule has 2 aromatic rings. The van der Waals surface area contributed by atoms with E-state index < -0.39 is 0 Å². The number of rotatable bonds is 2. The summed E-state index contributed by atoms with van der Waals surface area (Å²) >= 11 is 11.8. The molecule has 0 fully saturated rings. The van der Waals surface area contributed by atoms with Crippen molar-refractivity contribution in [2.75, 3.05) is 0 Å². The highest BCUT2D eigenvalue weighted by molar-refractivity contribution is 6.35. The van der Waals surface area contributed by atoms with E-state index in [-0.39, 0.29) is 5.78 Å². The third kappa shape index (κ3) is 2.68. The molecule has 0 saturated carbocycles. The Morgan fingerprint density at radius 3 is 2.29 bits per heavy atom. The number of carbonyl (C=O) groups is 1. The molecule has 0 bridgehead atoms. The van der Waals surface area contributed by atoms with Gasteiger partial charge in [0.05, 0.1) is 5.02 Å². The van der Waals surface area contributed by atoms with Crippen LogP contribution in [0.5, 0.6) is 0 Å². The van der Waals surface area contributed by atoms with Crippen LogP contribution < -0.4 is 0 Å². The van der Waals surface area contributed by atoms with Gasteiger partial charge in [-0.05, 0) is 43.3 Å². The smallest absolute Gasteiger partial charge is 0.194 e. The number of aryl methyl sites for hydroxylation is 1. The fourth-order valence-corrected chi connectivity index (χ4v) is 1.90. The molecule has 0 amide bonds. The standard InChI is InChI=1S/C14H10Cl2O/c1-9-2-7-13(16)12(8-9)14(17)10-3-5-11(15)6-4-10/h2-8H,1H3. The summed E-state index contributed by atoms with van der Waals surface area (Å²) in [5, 5.41) is 1.08. The molecule has 0 N–H and O–H groups in total. The van der Waals surface area contributed by atoms with Gasteiger partial charge < -0.3 is 0 Å². The van der Waals surface area contributed by atoms with Gasteiger partial charge in [0, 0.05) is 16.1 Å². The summed E-state index contributed by atoms with van der Waals surface area (Å²) in [6, 6.07) is 12.2. The van der Waals surface area contributed by atoms with Crippen LogP contribution in [0.1, 0.15) is 21.5 Å². The Kier molecular flexibility index (Phi) is 3.51. The summed E-state index contributed by atoms with van der Waals surface area (Å²) < 4.78 is 0. The van der Waals surface area contributed by atoms with Crippen molar-refractivity contribution in [2.24, 2.45) is 0 Å². The van der Waals surface area contributed by atoms with Crippen LogP contribution in [0.2, 0.25) is 10.0 Å². The summed E-state index contributed by atoms with van der Waals surface area (Å²) in [6.07, 6.45) is 0. The van der Waals surface area contributed by atoms with Gasteiger partial charge in [-0.1, -0.05) is 34.8 Å². The van der Waals surface area contributed by atoms with Gasteiger partial charge in [-0.3, -0.25) is 4.79 Å². The fraction of sp³-hybridized carbons (Fsp3) is 0.0714. The Morgan fingerprint density at radius 2 is 1.65 bits per heavy atom. The molecule has 0 spiro atoms. The minimum absolute atomic E-state index is 0.0876. The van der Waals surface area contributed by atoms with Crippen molar-refractivity contribution in [3.63, 3.8) is 0 Å². The Balaban J connectivity index is 2.43. The molecule has 0 atom stereocenters. The zero-order valence-electron chi connectivity index (χ0n) is 9.21. The van der Waals surface area contributed by atoms with Crippen LogP contribution in [0, 0.1) is 6.92 Å². The first-order valence-corrected chi connectivity index (χ1v) is 5.90. The van der Waals surface area contributed by atoms with E-state index in [1.165, 1.54) is 0 Å². The first-order chi connectivity index (χ1) is 8.08. The first kappa shape index (κ1) is 12.2. The van der Waals surface area contributed by atoms with Gasteiger partial charge in [0.25, 0.3) is 0 Å². The van der Waals surface area contributed by atoms with Gasteiger partial charge in [-0.15, -0.1) is 0 Å². The van der Waals surface area contributed by atoms with Gasteiger partial charge >= 0.3 is 0 Å². The molecule has 0 aliphatic rings. The number of benzene rings is 2. The number of ketones is 1. The minimum atomic E-state index is -0.0876. The van der Waals surface area contributed by atoms with Gasteiger partial charge in [0.1, 0.15) is 0 Å². The van der Waals surface area contributed by atoms with Gasteiger partial charge in [0.2, 0.25) is 0 Å². The van der Waals surface area contributed by atoms with E-state index in [0.29, 0.717) is 21.2 Å². The van der Waals surface area contributed by atoms with Crippen LogP contribution >= 0.6 is 23.2 Å². The summed E-state index contributed by atoms with van der Waals surface area (Å²) in [4.78, 5) is 12.2. The molecule has 0 saturated heterocycles. The second-order valence-electron chi connectivity index (χ2n) is 3.82. The van der Waals surface area contributed by atoms with Crippen molar-refractivity contribution in [2.45, 2.75) is 6.92 Å². The number of hydrogen-bond donors (Lipinski definition) is 0. The molecular formula is C14H10Cl2O. The predicted octanol–water partition coefficient (Wildman–Crippen LogP) is 4.53. The Bertz CT molecular complexity index is 559. The number of carbonyl (C=O) groups excluding carboxylic acids is 1. The molecule has 0 aliphatic heterocycles. The van der Waals surface area contributed by atoms with Gasteiger partial charge in [-0.25, -0.2) is 0 Å². The topological polar surface area (TPSA) is 17.1 Å². The molecule has 1 nitrogen and oxygen atoms in total. The average molecular weight is 265 g/mol. The molecular weight excluding hydrogens is 255 g/mol. The zero-order chi connectivity index (χ0) is 12.4. The maximum absolute atomic E-state index is 12.2. The molecule has 0 aliphatic carbocycles. The number of halogens is 2. The van der Waals surface area contributed by atoms with E-state index in [4.69, 9.17) is 23.2 Å².